The molecule has 0 amide bonds. The van der Waals surface area contributed by atoms with E-state index >= 15 is 0 Å². The molecule has 0 heterocycles. The molecule has 0 aromatic carbocycles. The molecule has 4 nitrogen and oxygen atoms in total. The van der Waals surface area contributed by atoms with Gasteiger partial charge in [0.05, 0.1) is 0 Å². The summed E-state index contributed by atoms with van der Waals surface area (Å²) in [5, 5.41) is 0. The first-order valence-corrected chi connectivity index (χ1v) is 4.46. The highest BCUT2D eigenvalue weighted by molar-refractivity contribution is 6.53. The molecule has 0 aliphatic heterocycles. The molecular formula is C5H13O4Si. The van der Waals surface area contributed by atoms with Crippen molar-refractivity contribution >= 4 is 9.05 Å². The third-order valence-electron chi connectivity index (χ3n) is 1.03. The maximum Gasteiger partial charge on any atom is 0.678 e. The Kier molecular flexibility index (Phi) is 4.84. The van der Waals surface area contributed by atoms with Crippen LogP contribution >= 0.6 is 0 Å². The average Bonchev–Trinajstić information content (AvgIpc) is 2.01. The largest absolute Gasteiger partial charge is 0.678 e. The van der Waals surface area contributed by atoms with Crippen molar-refractivity contribution in [3.05, 3.63) is 6.92 Å². The first kappa shape index (κ1) is 10.1. The second kappa shape index (κ2) is 4.81. The van der Waals surface area contributed by atoms with Crippen molar-refractivity contribution in [1.29, 1.82) is 0 Å². The van der Waals surface area contributed by atoms with Crippen LogP contribution in [-0.4, -0.2) is 37.0 Å². The lowest BCUT2D eigenvalue weighted by molar-refractivity contribution is 0.0129. The van der Waals surface area contributed by atoms with Gasteiger partial charge in [-0.2, -0.15) is 0 Å². The Bertz CT molecular complexity index is 75.5. The van der Waals surface area contributed by atoms with Gasteiger partial charge in [0.2, 0.25) is 0 Å². The van der Waals surface area contributed by atoms with Crippen molar-refractivity contribution < 1.29 is 17.7 Å². The van der Waals surface area contributed by atoms with Crippen LogP contribution in [-0.2, 0) is 17.7 Å². The summed E-state index contributed by atoms with van der Waals surface area (Å²) in [6, 6.07) is 0. The van der Waals surface area contributed by atoms with Crippen molar-refractivity contribution in [2.45, 2.75) is 0 Å². The monoisotopic (exact) mass is 165 g/mol. The summed E-state index contributed by atoms with van der Waals surface area (Å²) in [4.78, 5) is 0. The first-order valence-electron chi connectivity index (χ1n) is 2.83. The van der Waals surface area contributed by atoms with Crippen LogP contribution in [0.25, 0.3) is 0 Å². The highest BCUT2D eigenvalue weighted by Crippen LogP contribution is 2.06. The molecule has 0 aliphatic carbocycles. The zero-order chi connectivity index (χ0) is 8.04. The highest BCUT2D eigenvalue weighted by atomic mass is 28.4. The van der Waals surface area contributed by atoms with E-state index in [0.717, 1.165) is 0 Å². The van der Waals surface area contributed by atoms with E-state index in [1.54, 1.807) is 0 Å². The van der Waals surface area contributed by atoms with Gasteiger partial charge in [-0.1, -0.05) is 0 Å². The Labute approximate surface area is 62.5 Å². The van der Waals surface area contributed by atoms with E-state index in [9.17, 15) is 0 Å². The van der Waals surface area contributed by atoms with Crippen LogP contribution in [0.5, 0.6) is 0 Å². The maximum atomic E-state index is 5.04. The molecular weight excluding hydrogens is 152 g/mol. The SMILES string of the molecule is [CH2]CO[Si](OC)(OC)OC. The average molecular weight is 165 g/mol. The fraction of sp³-hybridized carbons (Fsp3) is 0.800. The van der Waals surface area contributed by atoms with Crippen LogP contribution in [0.2, 0.25) is 0 Å². The maximum absolute atomic E-state index is 5.04. The van der Waals surface area contributed by atoms with Gasteiger partial charge < -0.3 is 17.7 Å². The summed E-state index contributed by atoms with van der Waals surface area (Å²) in [6.07, 6.45) is 0. The summed E-state index contributed by atoms with van der Waals surface area (Å²) in [6.45, 7) is 3.77. The number of hydrogen-bond donors (Lipinski definition) is 0. The van der Waals surface area contributed by atoms with Gasteiger partial charge >= 0.3 is 9.05 Å². The zero-order valence-corrected chi connectivity index (χ0v) is 7.55. The van der Waals surface area contributed by atoms with Crippen LogP contribution in [0.1, 0.15) is 0 Å². The van der Waals surface area contributed by atoms with Gasteiger partial charge in [0, 0.05) is 27.9 Å². The van der Waals surface area contributed by atoms with E-state index in [1.807, 2.05) is 0 Å². The van der Waals surface area contributed by atoms with Gasteiger partial charge in [0.25, 0.3) is 0 Å². The van der Waals surface area contributed by atoms with E-state index in [4.69, 9.17) is 17.7 Å². The third-order valence-corrected chi connectivity index (χ3v) is 3.09. The van der Waals surface area contributed by atoms with Crippen LogP contribution < -0.4 is 0 Å². The quantitative estimate of drug-likeness (QED) is 0.546. The van der Waals surface area contributed by atoms with Crippen molar-refractivity contribution in [2.24, 2.45) is 0 Å². The molecule has 0 N–H and O–H groups in total. The Balaban J connectivity index is 3.87. The number of rotatable bonds is 5. The minimum Gasteiger partial charge on any atom is -0.355 e. The van der Waals surface area contributed by atoms with Crippen LogP contribution in [0, 0.1) is 6.92 Å². The van der Waals surface area contributed by atoms with Crippen molar-refractivity contribution in [1.82, 2.24) is 0 Å². The van der Waals surface area contributed by atoms with E-state index < -0.39 is 9.05 Å². The normalized spacial score (nSPS) is 12.0. The minimum atomic E-state index is -2.78. The molecule has 0 rings (SSSR count). The summed E-state index contributed by atoms with van der Waals surface area (Å²) >= 11 is 0. The highest BCUT2D eigenvalue weighted by Gasteiger charge is 2.41. The molecule has 1 radical (unpaired) electrons. The molecule has 0 aliphatic rings. The molecule has 0 fully saturated rings. The van der Waals surface area contributed by atoms with Gasteiger partial charge in [-0.3, -0.25) is 0 Å². The third kappa shape index (κ3) is 2.35. The Morgan fingerprint density at radius 1 is 1.10 bits per heavy atom. The summed E-state index contributed by atoms with van der Waals surface area (Å²) in [5.74, 6) is 0. The fourth-order valence-corrected chi connectivity index (χ4v) is 1.66. The number of hydrogen-bond acceptors (Lipinski definition) is 4. The van der Waals surface area contributed by atoms with E-state index in [2.05, 4.69) is 6.92 Å². The van der Waals surface area contributed by atoms with Gasteiger partial charge in [-0.25, -0.2) is 0 Å². The van der Waals surface area contributed by atoms with Crippen LogP contribution in [0.4, 0.5) is 0 Å². The minimum absolute atomic E-state index is 0.280. The Morgan fingerprint density at radius 2 is 1.50 bits per heavy atom. The van der Waals surface area contributed by atoms with Gasteiger partial charge in [0.1, 0.15) is 0 Å². The standard InChI is InChI=1S/C5H13O4Si/c1-5-9-10(6-2,7-3)8-4/h1,5H2,2-4H3. The molecule has 0 spiro atoms. The molecule has 0 unspecified atom stereocenters. The lowest BCUT2D eigenvalue weighted by atomic mass is 10.9. The van der Waals surface area contributed by atoms with Gasteiger partial charge in [-0.15, -0.1) is 0 Å². The fourth-order valence-electron chi connectivity index (χ4n) is 0.552. The zero-order valence-electron chi connectivity index (χ0n) is 6.55. The molecule has 0 saturated carbocycles. The molecule has 0 aromatic heterocycles. The van der Waals surface area contributed by atoms with Crippen LogP contribution in [0.3, 0.4) is 0 Å². The summed E-state index contributed by atoms with van der Waals surface area (Å²) in [7, 11) is 1.66. The van der Waals surface area contributed by atoms with E-state index in [1.165, 1.54) is 21.3 Å². The second-order valence-electron chi connectivity index (χ2n) is 1.46. The first-order chi connectivity index (χ1) is 4.74. The molecule has 5 heteroatoms. The smallest absolute Gasteiger partial charge is 0.355 e. The Hall–Kier alpha value is 0.0569. The van der Waals surface area contributed by atoms with Crippen LogP contribution in [0.15, 0.2) is 0 Å². The summed E-state index contributed by atoms with van der Waals surface area (Å²) in [5.41, 5.74) is 0. The lowest BCUT2D eigenvalue weighted by Crippen LogP contribution is -2.46. The van der Waals surface area contributed by atoms with Gasteiger partial charge in [0.15, 0.2) is 0 Å². The molecule has 0 aromatic rings. The summed E-state index contributed by atoms with van der Waals surface area (Å²) < 4.78 is 19.8. The molecule has 0 atom stereocenters. The predicted octanol–water partition coefficient (Wildman–Crippen LogP) is 0.212. The molecule has 61 valence electrons. The predicted molar refractivity (Wildman–Crippen MR) is 38.1 cm³/mol. The van der Waals surface area contributed by atoms with Crippen molar-refractivity contribution in [3.63, 3.8) is 0 Å². The van der Waals surface area contributed by atoms with Gasteiger partial charge in [-0.05, 0) is 6.92 Å². The topological polar surface area (TPSA) is 36.9 Å². The second-order valence-corrected chi connectivity index (χ2v) is 3.97. The Morgan fingerprint density at radius 3 is 1.60 bits per heavy atom. The molecule has 0 saturated heterocycles. The molecule has 0 bridgehead atoms. The van der Waals surface area contributed by atoms with E-state index in [0.29, 0.717) is 0 Å². The van der Waals surface area contributed by atoms with Crippen molar-refractivity contribution in [2.75, 3.05) is 27.9 Å². The lowest BCUT2D eigenvalue weighted by Gasteiger charge is -2.21. The van der Waals surface area contributed by atoms with E-state index in [-0.39, 0.29) is 6.61 Å². The van der Waals surface area contributed by atoms with Crippen molar-refractivity contribution in [3.8, 4) is 0 Å². The molecule has 10 heavy (non-hydrogen) atoms.